The van der Waals surface area contributed by atoms with Gasteiger partial charge >= 0.3 is 0 Å². The zero-order valence-corrected chi connectivity index (χ0v) is 13.5. The van der Waals surface area contributed by atoms with Crippen molar-refractivity contribution in [2.45, 2.75) is 70.3 Å². The summed E-state index contributed by atoms with van der Waals surface area (Å²) in [5.74, 6) is 0.761. The number of hydrogen-bond acceptors (Lipinski definition) is 3. The van der Waals surface area contributed by atoms with Gasteiger partial charge in [-0.1, -0.05) is 57.8 Å². The van der Waals surface area contributed by atoms with E-state index in [0.717, 1.165) is 44.9 Å². The van der Waals surface area contributed by atoms with Gasteiger partial charge in [-0.05, 0) is 12.3 Å². The van der Waals surface area contributed by atoms with Crippen LogP contribution < -0.4 is 11.1 Å². The van der Waals surface area contributed by atoms with Gasteiger partial charge in [-0.25, -0.2) is 0 Å². The third kappa shape index (κ3) is 5.95. The van der Waals surface area contributed by atoms with Crippen LogP contribution in [0.1, 0.15) is 64.2 Å². The van der Waals surface area contributed by atoms with Crippen LogP contribution in [0.25, 0.3) is 0 Å². The Labute approximate surface area is 129 Å². The second kappa shape index (κ2) is 9.42. The highest BCUT2D eigenvalue weighted by Crippen LogP contribution is 2.26. The SMILES string of the molecule is NC(=O)C(CCCC1CCCCCCC1)N1CCNCC1. The van der Waals surface area contributed by atoms with Crippen LogP contribution in [-0.4, -0.2) is 43.0 Å². The van der Waals surface area contributed by atoms with E-state index in [9.17, 15) is 4.79 Å². The third-order valence-electron chi connectivity index (χ3n) is 5.24. The molecule has 1 unspecified atom stereocenters. The van der Waals surface area contributed by atoms with E-state index in [2.05, 4.69) is 10.2 Å². The molecule has 0 aromatic rings. The van der Waals surface area contributed by atoms with Gasteiger partial charge in [-0.2, -0.15) is 0 Å². The Morgan fingerprint density at radius 2 is 1.71 bits per heavy atom. The molecule has 4 heteroatoms. The Morgan fingerprint density at radius 3 is 2.33 bits per heavy atom. The van der Waals surface area contributed by atoms with Gasteiger partial charge in [0.05, 0.1) is 6.04 Å². The van der Waals surface area contributed by atoms with E-state index >= 15 is 0 Å². The highest BCUT2D eigenvalue weighted by molar-refractivity contribution is 5.79. The largest absolute Gasteiger partial charge is 0.368 e. The maximum absolute atomic E-state index is 11.7. The van der Waals surface area contributed by atoms with E-state index in [4.69, 9.17) is 5.73 Å². The molecule has 0 aromatic carbocycles. The lowest BCUT2D eigenvalue weighted by atomic mass is 9.87. The molecule has 0 radical (unpaired) electrons. The predicted molar refractivity (Wildman–Crippen MR) is 87.1 cm³/mol. The van der Waals surface area contributed by atoms with Gasteiger partial charge in [0, 0.05) is 26.2 Å². The fourth-order valence-corrected chi connectivity index (χ4v) is 3.93. The molecule has 0 spiro atoms. The zero-order valence-electron chi connectivity index (χ0n) is 13.5. The van der Waals surface area contributed by atoms with E-state index in [0.29, 0.717) is 0 Å². The molecule has 1 saturated carbocycles. The molecule has 2 rings (SSSR count). The first-order chi connectivity index (χ1) is 10.3. The average molecular weight is 295 g/mol. The van der Waals surface area contributed by atoms with Gasteiger partial charge in [0.25, 0.3) is 0 Å². The first kappa shape index (κ1) is 16.8. The molecule has 1 aliphatic carbocycles. The summed E-state index contributed by atoms with van der Waals surface area (Å²) in [7, 11) is 0. The topological polar surface area (TPSA) is 58.4 Å². The van der Waals surface area contributed by atoms with Crippen LogP contribution in [0.2, 0.25) is 0 Å². The summed E-state index contributed by atoms with van der Waals surface area (Å²) < 4.78 is 0. The number of primary amides is 1. The zero-order chi connectivity index (χ0) is 14.9. The average Bonchev–Trinajstić information content (AvgIpc) is 2.45. The highest BCUT2D eigenvalue weighted by Gasteiger charge is 2.25. The number of hydrogen-bond donors (Lipinski definition) is 2. The number of carbonyl (C=O) groups is 1. The van der Waals surface area contributed by atoms with Crippen molar-refractivity contribution in [1.82, 2.24) is 10.2 Å². The molecule has 4 nitrogen and oxygen atoms in total. The van der Waals surface area contributed by atoms with Crippen molar-refractivity contribution in [2.24, 2.45) is 11.7 Å². The smallest absolute Gasteiger partial charge is 0.234 e. The minimum absolute atomic E-state index is 0.0411. The van der Waals surface area contributed by atoms with Gasteiger partial charge < -0.3 is 11.1 Å². The lowest BCUT2D eigenvalue weighted by molar-refractivity contribution is -0.123. The number of rotatable bonds is 6. The number of amides is 1. The molecule has 2 aliphatic rings. The highest BCUT2D eigenvalue weighted by atomic mass is 16.1. The summed E-state index contributed by atoms with van der Waals surface area (Å²) in [4.78, 5) is 14.0. The van der Waals surface area contributed by atoms with Crippen molar-refractivity contribution in [1.29, 1.82) is 0 Å². The Hall–Kier alpha value is -0.610. The molecule has 1 saturated heterocycles. The summed E-state index contributed by atoms with van der Waals surface area (Å²) in [6, 6.07) is -0.0411. The van der Waals surface area contributed by atoms with Gasteiger partial charge in [0.1, 0.15) is 0 Å². The number of carbonyl (C=O) groups excluding carboxylic acids is 1. The molecule has 0 aromatic heterocycles. The monoisotopic (exact) mass is 295 g/mol. The molecule has 1 heterocycles. The van der Waals surface area contributed by atoms with Crippen molar-refractivity contribution >= 4 is 5.91 Å². The van der Waals surface area contributed by atoms with Gasteiger partial charge in [-0.15, -0.1) is 0 Å². The van der Waals surface area contributed by atoms with Gasteiger partial charge in [-0.3, -0.25) is 9.69 Å². The molecular formula is C17H33N3O. The second-order valence-electron chi connectivity index (χ2n) is 6.85. The molecule has 122 valence electrons. The Morgan fingerprint density at radius 1 is 1.10 bits per heavy atom. The minimum Gasteiger partial charge on any atom is -0.368 e. The molecule has 3 N–H and O–H groups in total. The minimum atomic E-state index is -0.130. The van der Waals surface area contributed by atoms with E-state index in [1.807, 2.05) is 0 Å². The fourth-order valence-electron chi connectivity index (χ4n) is 3.93. The van der Waals surface area contributed by atoms with Crippen molar-refractivity contribution < 1.29 is 4.79 Å². The normalized spacial score (nSPS) is 24.2. The van der Waals surface area contributed by atoms with Crippen molar-refractivity contribution in [2.75, 3.05) is 26.2 Å². The summed E-state index contributed by atoms with van der Waals surface area (Å²) in [5, 5.41) is 3.34. The maximum Gasteiger partial charge on any atom is 0.234 e. The van der Waals surface area contributed by atoms with Crippen LogP contribution in [0.15, 0.2) is 0 Å². The van der Waals surface area contributed by atoms with Crippen LogP contribution >= 0.6 is 0 Å². The molecule has 21 heavy (non-hydrogen) atoms. The summed E-state index contributed by atoms with van der Waals surface area (Å²) in [6.45, 7) is 3.87. The molecule has 1 atom stereocenters. The standard InChI is InChI=1S/C17H33N3O/c18-17(21)16(20-13-11-19-12-14-20)10-6-9-15-7-4-2-1-3-5-8-15/h15-16,19H,1-14H2,(H2,18,21). The van der Waals surface area contributed by atoms with Crippen LogP contribution in [0.4, 0.5) is 0 Å². The summed E-state index contributed by atoms with van der Waals surface area (Å²) >= 11 is 0. The van der Waals surface area contributed by atoms with Crippen LogP contribution in [0, 0.1) is 5.92 Å². The number of nitrogens with one attached hydrogen (secondary N) is 1. The Balaban J connectivity index is 1.71. The lowest BCUT2D eigenvalue weighted by Gasteiger charge is -2.33. The molecular weight excluding hydrogens is 262 g/mol. The number of nitrogens with two attached hydrogens (primary N) is 1. The summed E-state index contributed by atoms with van der Waals surface area (Å²) in [5.41, 5.74) is 5.63. The van der Waals surface area contributed by atoms with Crippen LogP contribution in [-0.2, 0) is 4.79 Å². The Bertz CT molecular complexity index is 294. The second-order valence-corrected chi connectivity index (χ2v) is 6.85. The molecule has 2 fully saturated rings. The maximum atomic E-state index is 11.7. The van der Waals surface area contributed by atoms with Crippen molar-refractivity contribution in [3.63, 3.8) is 0 Å². The van der Waals surface area contributed by atoms with Crippen molar-refractivity contribution in [3.05, 3.63) is 0 Å². The van der Waals surface area contributed by atoms with E-state index < -0.39 is 0 Å². The molecule has 0 bridgehead atoms. The first-order valence-electron chi connectivity index (χ1n) is 9.01. The van der Waals surface area contributed by atoms with E-state index in [1.54, 1.807) is 0 Å². The fraction of sp³-hybridized carbons (Fsp3) is 0.941. The number of nitrogens with zero attached hydrogens (tertiary/aromatic N) is 1. The summed E-state index contributed by atoms with van der Waals surface area (Å²) in [6.07, 6.45) is 13.3. The number of piperazine rings is 1. The van der Waals surface area contributed by atoms with E-state index in [1.165, 1.54) is 51.4 Å². The van der Waals surface area contributed by atoms with Gasteiger partial charge in [0.2, 0.25) is 5.91 Å². The van der Waals surface area contributed by atoms with Crippen LogP contribution in [0.3, 0.4) is 0 Å². The van der Waals surface area contributed by atoms with Crippen LogP contribution in [0.5, 0.6) is 0 Å². The quantitative estimate of drug-likeness (QED) is 0.790. The van der Waals surface area contributed by atoms with E-state index in [-0.39, 0.29) is 11.9 Å². The third-order valence-corrected chi connectivity index (χ3v) is 5.24. The predicted octanol–water partition coefficient (Wildman–Crippen LogP) is 2.28. The Kier molecular flexibility index (Phi) is 7.51. The lowest BCUT2D eigenvalue weighted by Crippen LogP contribution is -2.52. The molecule has 1 amide bonds. The first-order valence-corrected chi connectivity index (χ1v) is 9.01. The van der Waals surface area contributed by atoms with Gasteiger partial charge in [0.15, 0.2) is 0 Å². The molecule has 1 aliphatic heterocycles. The van der Waals surface area contributed by atoms with Crippen molar-refractivity contribution in [3.8, 4) is 0 Å².